The first-order valence-corrected chi connectivity index (χ1v) is 7.81. The number of hydrogen-bond donors (Lipinski definition) is 1. The number of piperidine rings is 1. The molecule has 2 aliphatic heterocycles. The minimum Gasteiger partial charge on any atom is -0.317 e. The second kappa shape index (κ2) is 3.79. The number of carbonyl (C=O) groups is 1. The summed E-state index contributed by atoms with van der Waals surface area (Å²) in [6.45, 7) is 1.52. The fourth-order valence-corrected chi connectivity index (χ4v) is 5.39. The highest BCUT2D eigenvalue weighted by atomic mass is 32.2. The van der Waals surface area contributed by atoms with Gasteiger partial charge in [-0.05, 0) is 37.4 Å². The van der Waals surface area contributed by atoms with Gasteiger partial charge in [-0.1, -0.05) is 0 Å². The molecule has 2 aliphatic rings. The van der Waals surface area contributed by atoms with Crippen molar-refractivity contribution in [2.45, 2.75) is 23.8 Å². The van der Waals surface area contributed by atoms with Gasteiger partial charge in [-0.3, -0.25) is 4.79 Å². The number of sulfonamides is 1. The average Bonchev–Trinajstić information content (AvgIpc) is 2.85. The molecule has 0 bridgehead atoms. The Morgan fingerprint density at radius 2 is 2.06 bits per heavy atom. The van der Waals surface area contributed by atoms with Crippen LogP contribution in [0.4, 0.5) is 0 Å². The van der Waals surface area contributed by atoms with Crippen LogP contribution in [-0.2, 0) is 10.0 Å². The van der Waals surface area contributed by atoms with Crippen molar-refractivity contribution in [3.8, 4) is 0 Å². The van der Waals surface area contributed by atoms with Crippen LogP contribution >= 0.6 is 11.3 Å². The molecule has 17 heavy (non-hydrogen) atoms. The maximum Gasteiger partial charge on any atom is 0.279 e. The van der Waals surface area contributed by atoms with Crippen LogP contribution in [-0.4, -0.2) is 37.8 Å². The molecular formula is C10H12N2O3S2. The molecule has 1 aromatic heterocycles. The van der Waals surface area contributed by atoms with Crippen molar-refractivity contribution in [3.05, 3.63) is 16.3 Å². The van der Waals surface area contributed by atoms with E-state index in [1.54, 1.807) is 5.38 Å². The lowest BCUT2D eigenvalue weighted by molar-refractivity contribution is 0.0819. The molecule has 1 fully saturated rings. The van der Waals surface area contributed by atoms with Gasteiger partial charge >= 0.3 is 0 Å². The van der Waals surface area contributed by atoms with Crippen molar-refractivity contribution in [2.24, 2.45) is 0 Å². The van der Waals surface area contributed by atoms with Crippen molar-refractivity contribution in [1.82, 2.24) is 9.62 Å². The van der Waals surface area contributed by atoms with Gasteiger partial charge in [0.1, 0.15) is 9.77 Å². The highest BCUT2D eigenvalue weighted by molar-refractivity contribution is 7.90. The molecule has 0 spiro atoms. The topological polar surface area (TPSA) is 66.5 Å². The van der Waals surface area contributed by atoms with Gasteiger partial charge in [0.2, 0.25) is 0 Å². The third-order valence-electron chi connectivity index (χ3n) is 3.20. The number of nitrogens with zero attached hydrogens (tertiary/aromatic N) is 1. The number of rotatable bonds is 1. The average molecular weight is 272 g/mol. The zero-order valence-electron chi connectivity index (χ0n) is 9.05. The fraction of sp³-hybridized carbons (Fsp3) is 0.500. The van der Waals surface area contributed by atoms with Crippen molar-refractivity contribution in [1.29, 1.82) is 0 Å². The Hall–Kier alpha value is -0.920. The Morgan fingerprint density at radius 3 is 2.71 bits per heavy atom. The van der Waals surface area contributed by atoms with Crippen molar-refractivity contribution >= 4 is 27.3 Å². The number of nitrogens with one attached hydrogen (secondary N) is 1. The number of carbonyl (C=O) groups excluding carboxylic acids is 1. The molecule has 0 saturated carbocycles. The summed E-state index contributed by atoms with van der Waals surface area (Å²) in [5.74, 6) is -0.345. The molecule has 1 amide bonds. The second-order valence-electron chi connectivity index (χ2n) is 4.20. The summed E-state index contributed by atoms with van der Waals surface area (Å²) in [5.41, 5.74) is 0. The first-order chi connectivity index (χ1) is 8.12. The molecule has 0 aliphatic carbocycles. The zero-order valence-corrected chi connectivity index (χ0v) is 10.7. The van der Waals surface area contributed by atoms with Crippen molar-refractivity contribution < 1.29 is 13.2 Å². The number of thiophene rings is 1. The van der Waals surface area contributed by atoms with E-state index >= 15 is 0 Å². The molecule has 3 heterocycles. The molecule has 3 rings (SSSR count). The van der Waals surface area contributed by atoms with Gasteiger partial charge in [0.15, 0.2) is 0 Å². The first kappa shape index (κ1) is 11.2. The standard InChI is InChI=1S/C10H12N2O3S2/c13-10-9-8(3-6-16-9)17(14,15)12(10)7-1-4-11-5-2-7/h3,6-7,11H,1-2,4-5H2. The predicted molar refractivity (Wildman–Crippen MR) is 63.6 cm³/mol. The molecular weight excluding hydrogens is 260 g/mol. The minimum atomic E-state index is -3.59. The van der Waals surface area contributed by atoms with Gasteiger partial charge < -0.3 is 5.32 Å². The third-order valence-corrected chi connectivity index (χ3v) is 6.11. The molecule has 92 valence electrons. The summed E-state index contributed by atoms with van der Waals surface area (Å²) >= 11 is 1.20. The van der Waals surface area contributed by atoms with Crippen molar-refractivity contribution in [3.63, 3.8) is 0 Å². The van der Waals surface area contributed by atoms with Crippen LogP contribution in [0.15, 0.2) is 16.3 Å². The van der Waals surface area contributed by atoms with Gasteiger partial charge in [0, 0.05) is 0 Å². The van der Waals surface area contributed by atoms with Crippen LogP contribution in [0.5, 0.6) is 0 Å². The molecule has 1 saturated heterocycles. The number of amides is 1. The van der Waals surface area contributed by atoms with Gasteiger partial charge in [-0.25, -0.2) is 12.7 Å². The molecule has 0 aromatic carbocycles. The molecule has 0 radical (unpaired) electrons. The predicted octanol–water partition coefficient (Wildman–Crippen LogP) is 0.645. The van der Waals surface area contributed by atoms with E-state index in [0.29, 0.717) is 17.7 Å². The monoisotopic (exact) mass is 272 g/mol. The summed E-state index contributed by atoms with van der Waals surface area (Å²) in [4.78, 5) is 12.7. The van der Waals surface area contributed by atoms with Crippen LogP contribution in [0, 0.1) is 0 Å². The van der Waals surface area contributed by atoms with Crippen LogP contribution in [0.3, 0.4) is 0 Å². The number of fused-ring (bicyclic) bond motifs is 1. The van der Waals surface area contributed by atoms with E-state index in [2.05, 4.69) is 5.32 Å². The number of hydrogen-bond acceptors (Lipinski definition) is 5. The lowest BCUT2D eigenvalue weighted by Crippen LogP contribution is -2.45. The summed E-state index contributed by atoms with van der Waals surface area (Å²) in [5, 5.41) is 4.82. The minimum absolute atomic E-state index is 0.186. The first-order valence-electron chi connectivity index (χ1n) is 5.49. The normalized spacial score (nSPS) is 24.0. The second-order valence-corrected chi connectivity index (χ2v) is 6.90. The molecule has 1 aromatic rings. The largest absolute Gasteiger partial charge is 0.317 e. The summed E-state index contributed by atoms with van der Waals surface area (Å²) < 4.78 is 25.6. The summed E-state index contributed by atoms with van der Waals surface area (Å²) in [7, 11) is -3.59. The Balaban J connectivity index is 2.02. The maximum atomic E-state index is 12.2. The zero-order chi connectivity index (χ0) is 12.0. The third kappa shape index (κ3) is 1.53. The van der Waals surface area contributed by atoms with E-state index in [0.717, 1.165) is 17.4 Å². The van der Waals surface area contributed by atoms with E-state index < -0.39 is 10.0 Å². The molecule has 7 heteroatoms. The summed E-state index contributed by atoms with van der Waals surface area (Å²) in [6.07, 6.45) is 1.39. The lowest BCUT2D eigenvalue weighted by Gasteiger charge is -2.30. The highest BCUT2D eigenvalue weighted by Crippen LogP contribution is 2.36. The van der Waals surface area contributed by atoms with Gasteiger partial charge in [-0.2, -0.15) is 0 Å². The maximum absolute atomic E-state index is 12.2. The van der Waals surface area contributed by atoms with E-state index in [4.69, 9.17) is 0 Å². The van der Waals surface area contributed by atoms with E-state index in [-0.39, 0.29) is 16.8 Å². The van der Waals surface area contributed by atoms with Crippen LogP contribution < -0.4 is 5.32 Å². The van der Waals surface area contributed by atoms with E-state index in [1.807, 2.05) is 0 Å². The Bertz CT molecular complexity index is 558. The quantitative estimate of drug-likeness (QED) is 0.815. The SMILES string of the molecule is O=C1c2sccc2S(=O)(=O)N1C1CCNCC1. The highest BCUT2D eigenvalue weighted by Gasteiger charge is 2.46. The lowest BCUT2D eigenvalue weighted by atomic mass is 10.1. The van der Waals surface area contributed by atoms with Crippen molar-refractivity contribution in [2.75, 3.05) is 13.1 Å². The molecule has 0 atom stereocenters. The van der Waals surface area contributed by atoms with Crippen LogP contribution in [0.1, 0.15) is 22.5 Å². The van der Waals surface area contributed by atoms with Gasteiger partial charge in [-0.15, -0.1) is 11.3 Å². The van der Waals surface area contributed by atoms with E-state index in [9.17, 15) is 13.2 Å². The Kier molecular flexibility index (Phi) is 2.49. The smallest absolute Gasteiger partial charge is 0.279 e. The van der Waals surface area contributed by atoms with Crippen LogP contribution in [0.25, 0.3) is 0 Å². The molecule has 5 nitrogen and oxygen atoms in total. The molecule has 1 N–H and O–H groups in total. The van der Waals surface area contributed by atoms with Crippen LogP contribution in [0.2, 0.25) is 0 Å². The van der Waals surface area contributed by atoms with Gasteiger partial charge in [0.25, 0.3) is 15.9 Å². The Morgan fingerprint density at radius 1 is 1.35 bits per heavy atom. The summed E-state index contributed by atoms with van der Waals surface area (Å²) in [6, 6.07) is 1.34. The fourth-order valence-electron chi connectivity index (χ4n) is 2.38. The van der Waals surface area contributed by atoms with Gasteiger partial charge in [0.05, 0.1) is 6.04 Å². The molecule has 0 unspecified atom stereocenters. The van der Waals surface area contributed by atoms with E-state index in [1.165, 1.54) is 17.4 Å². The Labute approximate surface area is 103 Å².